The minimum Gasteiger partial charge on any atom is -0.497 e. The molecular weight excluding hydrogens is 428 g/mol. The molecule has 4 aromatic rings. The molecule has 2 aromatic carbocycles. The molecule has 0 spiro atoms. The Hall–Kier alpha value is -3.10. The van der Waals surface area contributed by atoms with Gasteiger partial charge in [-0.2, -0.15) is 5.10 Å². The second kappa shape index (κ2) is 8.56. The van der Waals surface area contributed by atoms with Crippen LogP contribution in [0.25, 0.3) is 11.0 Å². The SMILES string of the molecule is COc1ccc([C@H]2CC(c3cccs3)=NN2C(=O)CSc2nc3ccccc3[nH]2)cc1. The molecule has 0 fully saturated rings. The fourth-order valence-electron chi connectivity index (χ4n) is 3.61. The maximum absolute atomic E-state index is 13.2. The molecule has 3 heterocycles. The second-order valence-corrected chi connectivity index (χ2v) is 9.01. The summed E-state index contributed by atoms with van der Waals surface area (Å²) in [6.45, 7) is 0. The van der Waals surface area contributed by atoms with E-state index >= 15 is 0 Å². The Kier molecular flexibility index (Phi) is 5.48. The first kappa shape index (κ1) is 19.8. The monoisotopic (exact) mass is 448 g/mol. The van der Waals surface area contributed by atoms with Crippen molar-refractivity contribution in [1.29, 1.82) is 0 Å². The molecular formula is C23H20N4O2S2. The lowest BCUT2D eigenvalue weighted by atomic mass is 10.0. The molecule has 0 aliphatic carbocycles. The number of aromatic amines is 1. The van der Waals surface area contributed by atoms with Gasteiger partial charge in [0.15, 0.2) is 5.16 Å². The molecule has 0 saturated heterocycles. The molecule has 0 saturated carbocycles. The number of H-pyrrole nitrogens is 1. The van der Waals surface area contributed by atoms with Crippen LogP contribution in [0.4, 0.5) is 0 Å². The van der Waals surface area contributed by atoms with Crippen molar-refractivity contribution in [3.05, 3.63) is 76.5 Å². The van der Waals surface area contributed by atoms with E-state index in [1.54, 1.807) is 23.5 Å². The third kappa shape index (κ3) is 4.08. The molecule has 2 aromatic heterocycles. The van der Waals surface area contributed by atoms with Crippen molar-refractivity contribution in [3.8, 4) is 5.75 Å². The van der Waals surface area contributed by atoms with Gasteiger partial charge in [-0.3, -0.25) is 4.79 Å². The lowest BCUT2D eigenvalue weighted by Gasteiger charge is -2.22. The van der Waals surface area contributed by atoms with Crippen LogP contribution in [0.3, 0.4) is 0 Å². The average molecular weight is 449 g/mol. The molecule has 8 heteroatoms. The fourth-order valence-corrected chi connectivity index (χ4v) is 5.07. The van der Waals surface area contributed by atoms with Gasteiger partial charge in [-0.05, 0) is 41.3 Å². The van der Waals surface area contributed by atoms with Gasteiger partial charge in [0.1, 0.15) is 5.75 Å². The first-order valence-corrected chi connectivity index (χ1v) is 11.7. The van der Waals surface area contributed by atoms with Crippen molar-refractivity contribution in [2.75, 3.05) is 12.9 Å². The Morgan fingerprint density at radius 3 is 2.77 bits per heavy atom. The van der Waals surface area contributed by atoms with Gasteiger partial charge in [-0.25, -0.2) is 9.99 Å². The van der Waals surface area contributed by atoms with Gasteiger partial charge < -0.3 is 9.72 Å². The van der Waals surface area contributed by atoms with Crippen LogP contribution in [0.5, 0.6) is 5.75 Å². The van der Waals surface area contributed by atoms with E-state index in [0.717, 1.165) is 38.1 Å². The Morgan fingerprint density at radius 1 is 1.19 bits per heavy atom. The van der Waals surface area contributed by atoms with Crippen LogP contribution in [0.15, 0.2) is 76.3 Å². The molecule has 31 heavy (non-hydrogen) atoms. The van der Waals surface area contributed by atoms with Gasteiger partial charge in [0.2, 0.25) is 0 Å². The molecule has 1 amide bonds. The minimum atomic E-state index is -0.133. The lowest BCUT2D eigenvalue weighted by molar-refractivity contribution is -0.130. The normalized spacial score (nSPS) is 16.0. The number of methoxy groups -OCH3 is 1. The number of ether oxygens (including phenoxy) is 1. The van der Waals surface area contributed by atoms with E-state index in [1.165, 1.54) is 11.8 Å². The van der Waals surface area contributed by atoms with Crippen molar-refractivity contribution in [3.63, 3.8) is 0 Å². The highest BCUT2D eigenvalue weighted by atomic mass is 32.2. The van der Waals surface area contributed by atoms with E-state index in [1.807, 2.05) is 66.0 Å². The number of thioether (sulfide) groups is 1. The zero-order valence-corrected chi connectivity index (χ0v) is 18.5. The number of carbonyl (C=O) groups is 1. The van der Waals surface area contributed by atoms with Crippen LogP contribution >= 0.6 is 23.1 Å². The van der Waals surface area contributed by atoms with E-state index in [4.69, 9.17) is 9.84 Å². The van der Waals surface area contributed by atoms with Gasteiger partial charge in [-0.15, -0.1) is 11.3 Å². The Bertz CT molecular complexity index is 1200. The van der Waals surface area contributed by atoms with E-state index in [-0.39, 0.29) is 17.7 Å². The molecule has 0 bridgehead atoms. The predicted molar refractivity (Wildman–Crippen MR) is 125 cm³/mol. The molecule has 1 aliphatic heterocycles. The number of hydrogen-bond acceptors (Lipinski definition) is 6. The maximum Gasteiger partial charge on any atom is 0.253 e. The van der Waals surface area contributed by atoms with Gasteiger partial charge in [0.25, 0.3) is 5.91 Å². The van der Waals surface area contributed by atoms with Crippen molar-refractivity contribution >= 4 is 45.8 Å². The fraction of sp³-hybridized carbons (Fsp3) is 0.174. The number of aromatic nitrogens is 2. The number of para-hydroxylation sites is 2. The van der Waals surface area contributed by atoms with Crippen molar-refractivity contribution in [2.24, 2.45) is 5.10 Å². The summed E-state index contributed by atoms with van der Waals surface area (Å²) < 4.78 is 5.28. The number of hydrogen-bond donors (Lipinski definition) is 1. The van der Waals surface area contributed by atoms with E-state index in [0.29, 0.717) is 6.42 Å². The van der Waals surface area contributed by atoms with Crippen LogP contribution in [0.2, 0.25) is 0 Å². The number of carbonyl (C=O) groups excluding carboxylic acids is 1. The van der Waals surface area contributed by atoms with E-state index in [2.05, 4.69) is 9.97 Å². The highest BCUT2D eigenvalue weighted by Gasteiger charge is 2.33. The van der Waals surface area contributed by atoms with Crippen molar-refractivity contribution in [1.82, 2.24) is 15.0 Å². The highest BCUT2D eigenvalue weighted by molar-refractivity contribution is 7.99. The third-order valence-electron chi connectivity index (χ3n) is 5.17. The zero-order chi connectivity index (χ0) is 21.2. The molecule has 1 aliphatic rings. The van der Waals surface area contributed by atoms with Crippen LogP contribution in [0, 0.1) is 0 Å². The number of nitrogens with zero attached hydrogens (tertiary/aromatic N) is 3. The minimum absolute atomic E-state index is 0.0437. The lowest BCUT2D eigenvalue weighted by Crippen LogP contribution is -2.28. The number of imidazole rings is 1. The van der Waals surface area contributed by atoms with Crippen LogP contribution in [-0.4, -0.2) is 39.5 Å². The highest BCUT2D eigenvalue weighted by Crippen LogP contribution is 2.35. The second-order valence-electron chi connectivity index (χ2n) is 7.10. The number of amides is 1. The molecule has 0 radical (unpaired) electrons. The quantitative estimate of drug-likeness (QED) is 0.417. The summed E-state index contributed by atoms with van der Waals surface area (Å²) >= 11 is 3.04. The number of rotatable bonds is 6. The Morgan fingerprint density at radius 2 is 2.03 bits per heavy atom. The van der Waals surface area contributed by atoms with Crippen molar-refractivity contribution < 1.29 is 9.53 Å². The molecule has 0 unspecified atom stereocenters. The number of thiophene rings is 1. The Balaban J connectivity index is 1.37. The number of fused-ring (bicyclic) bond motifs is 1. The smallest absolute Gasteiger partial charge is 0.253 e. The summed E-state index contributed by atoms with van der Waals surface area (Å²) in [6.07, 6.45) is 0.688. The topological polar surface area (TPSA) is 70.6 Å². The van der Waals surface area contributed by atoms with Crippen LogP contribution < -0.4 is 4.74 Å². The summed E-state index contributed by atoms with van der Waals surface area (Å²) in [5, 5.41) is 9.12. The van der Waals surface area contributed by atoms with Crippen molar-refractivity contribution in [2.45, 2.75) is 17.6 Å². The summed E-state index contributed by atoms with van der Waals surface area (Å²) in [5.41, 5.74) is 3.84. The molecule has 6 nitrogen and oxygen atoms in total. The van der Waals surface area contributed by atoms with Crippen LogP contribution in [-0.2, 0) is 4.79 Å². The van der Waals surface area contributed by atoms with Gasteiger partial charge in [0.05, 0.1) is 40.5 Å². The largest absolute Gasteiger partial charge is 0.497 e. The standard InChI is InChI=1S/C23H20N4O2S2/c1-29-16-10-8-15(9-11-16)20-13-19(21-7-4-12-30-21)26-27(20)22(28)14-31-23-24-17-5-2-3-6-18(17)25-23/h2-12,20H,13-14H2,1H3,(H,24,25)/t20-/m1/s1. The molecule has 1 atom stereocenters. The number of nitrogens with one attached hydrogen (secondary N) is 1. The summed E-state index contributed by atoms with van der Waals surface area (Å²) in [7, 11) is 1.65. The summed E-state index contributed by atoms with van der Waals surface area (Å²) in [6, 6.07) is 19.6. The first-order chi connectivity index (χ1) is 15.2. The molecule has 1 N–H and O–H groups in total. The number of hydrazone groups is 1. The molecule has 156 valence electrons. The zero-order valence-electron chi connectivity index (χ0n) is 16.8. The Labute approximate surface area is 188 Å². The summed E-state index contributed by atoms with van der Waals surface area (Å²) in [4.78, 5) is 22.1. The number of benzene rings is 2. The molecule has 5 rings (SSSR count). The summed E-state index contributed by atoms with van der Waals surface area (Å²) in [5.74, 6) is 1.01. The van der Waals surface area contributed by atoms with E-state index < -0.39 is 0 Å². The van der Waals surface area contributed by atoms with Crippen LogP contribution in [0.1, 0.15) is 22.9 Å². The van der Waals surface area contributed by atoms with E-state index in [9.17, 15) is 4.79 Å². The predicted octanol–water partition coefficient (Wildman–Crippen LogP) is 5.10. The third-order valence-corrected chi connectivity index (χ3v) is 6.95. The average Bonchev–Trinajstić information content (AvgIpc) is 3.56. The van der Waals surface area contributed by atoms with Gasteiger partial charge in [0, 0.05) is 6.42 Å². The van der Waals surface area contributed by atoms with Gasteiger partial charge >= 0.3 is 0 Å². The van der Waals surface area contributed by atoms with Gasteiger partial charge in [-0.1, -0.05) is 42.1 Å². The maximum atomic E-state index is 13.2. The first-order valence-electron chi connectivity index (χ1n) is 9.86.